The molecule has 0 saturated carbocycles. The van der Waals surface area contributed by atoms with E-state index >= 15 is 0 Å². The number of ether oxygens (including phenoxy) is 1. The summed E-state index contributed by atoms with van der Waals surface area (Å²) < 4.78 is 5.44. The van der Waals surface area contributed by atoms with Crippen molar-refractivity contribution in [1.29, 1.82) is 0 Å². The Labute approximate surface area is 177 Å². The molecule has 0 aliphatic rings. The van der Waals surface area contributed by atoms with Crippen molar-refractivity contribution in [3.63, 3.8) is 0 Å². The van der Waals surface area contributed by atoms with Crippen LogP contribution in [-0.4, -0.2) is 17.6 Å². The van der Waals surface area contributed by atoms with Crippen LogP contribution < -0.4 is 0 Å². The molecule has 0 amide bonds. The van der Waals surface area contributed by atoms with Crippen molar-refractivity contribution in [1.82, 2.24) is 4.98 Å². The molecule has 0 N–H and O–H groups in total. The van der Waals surface area contributed by atoms with E-state index < -0.39 is 0 Å². The van der Waals surface area contributed by atoms with Crippen molar-refractivity contribution in [3.05, 3.63) is 114 Å². The highest BCUT2D eigenvalue weighted by Crippen LogP contribution is 2.31. The van der Waals surface area contributed by atoms with Crippen LogP contribution in [0.2, 0.25) is 0 Å². The molecular formula is C27H23NO2. The van der Waals surface area contributed by atoms with Gasteiger partial charge in [0.1, 0.15) is 0 Å². The number of carbonyl (C=O) groups is 1. The van der Waals surface area contributed by atoms with Gasteiger partial charge in [-0.25, -0.2) is 9.78 Å². The van der Waals surface area contributed by atoms with E-state index in [1.54, 1.807) is 0 Å². The molecule has 3 heteroatoms. The quantitative estimate of drug-likeness (QED) is 0.367. The number of hydrogen-bond donors (Lipinski definition) is 0. The topological polar surface area (TPSA) is 39.2 Å². The number of pyridine rings is 1. The lowest BCUT2D eigenvalue weighted by Crippen LogP contribution is -2.12. The number of rotatable bonds is 6. The monoisotopic (exact) mass is 393 g/mol. The Morgan fingerprint density at radius 2 is 1.37 bits per heavy atom. The van der Waals surface area contributed by atoms with Gasteiger partial charge < -0.3 is 4.74 Å². The lowest BCUT2D eigenvalue weighted by molar-refractivity contribution is 0.0526. The minimum atomic E-state index is -0.339. The molecule has 1 aromatic heterocycles. The zero-order valence-corrected chi connectivity index (χ0v) is 16.9. The Hall–Kier alpha value is -3.72. The lowest BCUT2D eigenvalue weighted by atomic mass is 9.94. The first-order valence-electron chi connectivity index (χ1n) is 10.1. The zero-order chi connectivity index (χ0) is 20.8. The van der Waals surface area contributed by atoms with Gasteiger partial charge in [0.25, 0.3) is 0 Å². The fraction of sp³-hybridized carbons (Fsp3) is 0.111. The third-order valence-electron chi connectivity index (χ3n) is 4.93. The summed E-state index contributed by atoms with van der Waals surface area (Å²) in [6, 6.07) is 32.0. The van der Waals surface area contributed by atoms with E-state index in [9.17, 15) is 4.79 Å². The molecule has 0 saturated heterocycles. The molecule has 0 aliphatic heterocycles. The summed E-state index contributed by atoms with van der Waals surface area (Å²) in [5.74, 6) is -0.339. The second-order valence-corrected chi connectivity index (χ2v) is 7.01. The van der Waals surface area contributed by atoms with Gasteiger partial charge in [0, 0.05) is 11.1 Å². The van der Waals surface area contributed by atoms with Gasteiger partial charge in [0.2, 0.25) is 0 Å². The largest absolute Gasteiger partial charge is 0.462 e. The number of aromatic nitrogens is 1. The molecule has 0 bridgehead atoms. The number of benzene rings is 3. The van der Waals surface area contributed by atoms with Crippen molar-refractivity contribution in [2.45, 2.75) is 13.3 Å². The Bertz CT molecular complexity index is 1120. The third kappa shape index (κ3) is 4.31. The minimum Gasteiger partial charge on any atom is -0.462 e. The van der Waals surface area contributed by atoms with Crippen LogP contribution in [0.25, 0.3) is 22.5 Å². The van der Waals surface area contributed by atoms with E-state index in [-0.39, 0.29) is 5.97 Å². The van der Waals surface area contributed by atoms with Gasteiger partial charge in [-0.1, -0.05) is 91.0 Å². The van der Waals surface area contributed by atoms with Gasteiger partial charge in [-0.2, -0.15) is 0 Å². The summed E-state index contributed by atoms with van der Waals surface area (Å²) in [5, 5.41) is 0. The average Bonchev–Trinajstić information content (AvgIpc) is 2.80. The number of hydrogen-bond acceptors (Lipinski definition) is 3. The van der Waals surface area contributed by atoms with Crippen LogP contribution in [0.1, 0.15) is 28.4 Å². The van der Waals surface area contributed by atoms with Crippen molar-refractivity contribution >= 4 is 5.97 Å². The molecule has 0 unspecified atom stereocenters. The lowest BCUT2D eigenvalue weighted by Gasteiger charge is -2.16. The summed E-state index contributed by atoms with van der Waals surface area (Å²) in [5.41, 5.74) is 5.98. The predicted octanol–water partition coefficient (Wildman–Crippen LogP) is 6.18. The fourth-order valence-corrected chi connectivity index (χ4v) is 3.55. The number of nitrogens with zero attached hydrogens (tertiary/aromatic N) is 1. The van der Waals surface area contributed by atoms with E-state index in [0.29, 0.717) is 24.3 Å². The summed E-state index contributed by atoms with van der Waals surface area (Å²) >= 11 is 0. The van der Waals surface area contributed by atoms with Crippen LogP contribution >= 0.6 is 0 Å². The standard InChI is InChI=1S/C27H23NO2/c1-2-30-27(29)25-23(18-20-12-6-3-7-13-20)19-24(21-14-8-4-9-15-21)28-26(25)22-16-10-5-11-17-22/h3-17,19H,2,18H2,1H3. The second kappa shape index (κ2) is 9.19. The maximum absolute atomic E-state index is 13.0. The molecule has 0 aliphatic carbocycles. The summed E-state index contributed by atoms with van der Waals surface area (Å²) in [6.07, 6.45) is 0.622. The minimum absolute atomic E-state index is 0.318. The first kappa shape index (κ1) is 19.6. The van der Waals surface area contributed by atoms with Crippen molar-refractivity contribution in [2.75, 3.05) is 6.61 Å². The highest BCUT2D eigenvalue weighted by Gasteiger charge is 2.22. The maximum Gasteiger partial charge on any atom is 0.340 e. The molecule has 1 heterocycles. The van der Waals surface area contributed by atoms with Crippen LogP contribution in [-0.2, 0) is 11.2 Å². The van der Waals surface area contributed by atoms with Gasteiger partial charge in [0.05, 0.1) is 23.6 Å². The second-order valence-electron chi connectivity index (χ2n) is 7.01. The first-order valence-corrected chi connectivity index (χ1v) is 10.1. The highest BCUT2D eigenvalue weighted by molar-refractivity contribution is 5.98. The van der Waals surface area contributed by atoms with Crippen LogP contribution in [0.5, 0.6) is 0 Å². The van der Waals surface area contributed by atoms with E-state index in [4.69, 9.17) is 9.72 Å². The predicted molar refractivity (Wildman–Crippen MR) is 120 cm³/mol. The van der Waals surface area contributed by atoms with Crippen molar-refractivity contribution in [2.24, 2.45) is 0 Å². The summed E-state index contributed by atoms with van der Waals surface area (Å²) in [4.78, 5) is 18.0. The molecule has 0 radical (unpaired) electrons. The van der Waals surface area contributed by atoms with Gasteiger partial charge >= 0.3 is 5.97 Å². The molecule has 30 heavy (non-hydrogen) atoms. The number of carbonyl (C=O) groups excluding carboxylic acids is 1. The van der Waals surface area contributed by atoms with Gasteiger partial charge in [0.15, 0.2) is 0 Å². The van der Waals surface area contributed by atoms with Crippen molar-refractivity contribution < 1.29 is 9.53 Å². The van der Waals surface area contributed by atoms with Gasteiger partial charge in [-0.3, -0.25) is 0 Å². The van der Waals surface area contributed by atoms with Gasteiger partial charge in [-0.15, -0.1) is 0 Å². The molecule has 3 nitrogen and oxygen atoms in total. The van der Waals surface area contributed by atoms with Crippen LogP contribution in [0.3, 0.4) is 0 Å². The Morgan fingerprint density at radius 1 is 0.800 bits per heavy atom. The fourth-order valence-electron chi connectivity index (χ4n) is 3.55. The molecule has 0 spiro atoms. The zero-order valence-electron chi connectivity index (χ0n) is 16.9. The summed E-state index contributed by atoms with van der Waals surface area (Å²) in [6.45, 7) is 2.14. The van der Waals surface area contributed by atoms with E-state index in [1.807, 2.05) is 91.9 Å². The number of esters is 1. The molecule has 4 rings (SSSR count). The molecule has 4 aromatic rings. The summed E-state index contributed by atoms with van der Waals surface area (Å²) in [7, 11) is 0. The van der Waals surface area contributed by atoms with Gasteiger partial charge in [-0.05, 0) is 30.5 Å². The Balaban J connectivity index is 1.96. The molecule has 148 valence electrons. The maximum atomic E-state index is 13.0. The highest BCUT2D eigenvalue weighted by atomic mass is 16.5. The molecule has 0 atom stereocenters. The Morgan fingerprint density at radius 3 is 1.97 bits per heavy atom. The van der Waals surface area contributed by atoms with E-state index in [0.717, 1.165) is 27.9 Å². The average molecular weight is 393 g/mol. The SMILES string of the molecule is CCOC(=O)c1c(Cc2ccccc2)cc(-c2ccccc2)nc1-c1ccccc1. The van der Waals surface area contributed by atoms with E-state index in [1.165, 1.54) is 0 Å². The normalized spacial score (nSPS) is 10.6. The Kier molecular flexibility index (Phi) is 6.00. The third-order valence-corrected chi connectivity index (χ3v) is 4.93. The first-order chi connectivity index (χ1) is 14.8. The van der Waals surface area contributed by atoms with E-state index in [2.05, 4.69) is 12.1 Å². The van der Waals surface area contributed by atoms with Crippen LogP contribution in [0.4, 0.5) is 0 Å². The molecule has 3 aromatic carbocycles. The molecular weight excluding hydrogens is 370 g/mol. The van der Waals surface area contributed by atoms with Crippen LogP contribution in [0.15, 0.2) is 97.1 Å². The van der Waals surface area contributed by atoms with Crippen molar-refractivity contribution in [3.8, 4) is 22.5 Å². The van der Waals surface area contributed by atoms with Crippen LogP contribution in [0, 0.1) is 0 Å². The smallest absolute Gasteiger partial charge is 0.340 e. The molecule has 0 fully saturated rings.